The Morgan fingerprint density at radius 3 is 2.53 bits per heavy atom. The van der Waals surface area contributed by atoms with E-state index in [0.29, 0.717) is 12.0 Å². The lowest BCUT2D eigenvalue weighted by atomic mass is 9.92. The van der Waals surface area contributed by atoms with Crippen LogP contribution in [-0.2, 0) is 17.6 Å². The number of halogens is 2. The highest BCUT2D eigenvalue weighted by Crippen LogP contribution is 2.28. The van der Waals surface area contributed by atoms with E-state index in [1.807, 2.05) is 6.07 Å². The minimum Gasteiger partial charge on any atom is -0.481 e. The molecule has 0 aliphatic rings. The molecule has 90 valence electrons. The number of benzene rings is 1. The molecule has 1 rings (SSSR count). The van der Waals surface area contributed by atoms with Gasteiger partial charge in [0.05, 0.1) is 18.1 Å². The molecule has 3 nitrogen and oxygen atoms in total. The standard InChI is InChI=1S/C12H11F2NO2/c1-2-8-7(6-15)3-4-9(12(13)14)10(8)5-11(16)17/h3-4,12H,2,5H2,1H3,(H,16,17). The molecule has 17 heavy (non-hydrogen) atoms. The Bertz CT molecular complexity index is 478. The highest BCUT2D eigenvalue weighted by molar-refractivity contribution is 5.72. The van der Waals surface area contributed by atoms with Gasteiger partial charge in [0.1, 0.15) is 0 Å². The molecule has 0 bridgehead atoms. The Morgan fingerprint density at radius 1 is 1.47 bits per heavy atom. The summed E-state index contributed by atoms with van der Waals surface area (Å²) in [7, 11) is 0. The maximum absolute atomic E-state index is 12.8. The summed E-state index contributed by atoms with van der Waals surface area (Å²) >= 11 is 0. The predicted molar refractivity (Wildman–Crippen MR) is 56.8 cm³/mol. The minimum absolute atomic E-state index is 0.0639. The van der Waals surface area contributed by atoms with E-state index in [-0.39, 0.29) is 16.7 Å². The molecule has 0 aliphatic heterocycles. The molecule has 0 aromatic heterocycles. The second-order valence-corrected chi connectivity index (χ2v) is 3.50. The average molecular weight is 239 g/mol. The molecule has 0 saturated heterocycles. The highest BCUT2D eigenvalue weighted by atomic mass is 19.3. The molecule has 1 aromatic rings. The molecule has 0 atom stereocenters. The van der Waals surface area contributed by atoms with Gasteiger partial charge in [-0.25, -0.2) is 8.78 Å². The third-order valence-electron chi connectivity index (χ3n) is 2.50. The minimum atomic E-state index is -2.73. The van der Waals surface area contributed by atoms with Crippen LogP contribution in [-0.4, -0.2) is 11.1 Å². The SMILES string of the molecule is CCc1c(C#N)ccc(C(F)F)c1CC(=O)O. The van der Waals surface area contributed by atoms with E-state index in [1.165, 1.54) is 6.07 Å². The van der Waals surface area contributed by atoms with Gasteiger partial charge < -0.3 is 5.11 Å². The number of carboxylic acid groups (broad SMARTS) is 1. The van der Waals surface area contributed by atoms with Crippen LogP contribution in [0.5, 0.6) is 0 Å². The Morgan fingerprint density at radius 2 is 2.12 bits per heavy atom. The van der Waals surface area contributed by atoms with Crippen LogP contribution < -0.4 is 0 Å². The number of nitrogens with zero attached hydrogens (tertiary/aromatic N) is 1. The molecule has 0 saturated carbocycles. The van der Waals surface area contributed by atoms with Crippen molar-refractivity contribution in [3.05, 3.63) is 34.4 Å². The van der Waals surface area contributed by atoms with Gasteiger partial charge >= 0.3 is 5.97 Å². The zero-order valence-electron chi connectivity index (χ0n) is 9.20. The predicted octanol–water partition coefficient (Wildman–Crippen LogP) is 2.69. The van der Waals surface area contributed by atoms with Crippen LogP contribution in [0.4, 0.5) is 8.78 Å². The molecule has 0 unspecified atom stereocenters. The third kappa shape index (κ3) is 2.78. The van der Waals surface area contributed by atoms with Crippen LogP contribution in [0.1, 0.15) is 35.6 Å². The van der Waals surface area contributed by atoms with Crippen LogP contribution >= 0.6 is 0 Å². The van der Waals surface area contributed by atoms with Crippen molar-refractivity contribution in [3.8, 4) is 6.07 Å². The maximum atomic E-state index is 12.8. The molecule has 0 aliphatic carbocycles. The van der Waals surface area contributed by atoms with E-state index >= 15 is 0 Å². The van der Waals surface area contributed by atoms with Crippen LogP contribution in [0.2, 0.25) is 0 Å². The first-order valence-electron chi connectivity index (χ1n) is 5.05. The topological polar surface area (TPSA) is 61.1 Å². The fourth-order valence-electron chi connectivity index (χ4n) is 1.78. The average Bonchev–Trinajstić information content (AvgIpc) is 2.27. The first-order valence-corrected chi connectivity index (χ1v) is 5.05. The highest BCUT2D eigenvalue weighted by Gasteiger charge is 2.20. The molecule has 0 amide bonds. The number of hydrogen-bond acceptors (Lipinski definition) is 2. The monoisotopic (exact) mass is 239 g/mol. The summed E-state index contributed by atoms with van der Waals surface area (Å²) in [5.41, 5.74) is 0.415. The fourth-order valence-corrected chi connectivity index (χ4v) is 1.78. The van der Waals surface area contributed by atoms with Crippen LogP contribution in [0.15, 0.2) is 12.1 Å². The van der Waals surface area contributed by atoms with Crippen molar-refractivity contribution in [2.75, 3.05) is 0 Å². The lowest BCUT2D eigenvalue weighted by Crippen LogP contribution is -2.09. The number of hydrogen-bond donors (Lipinski definition) is 1. The Hall–Kier alpha value is -1.96. The number of rotatable bonds is 4. The second-order valence-electron chi connectivity index (χ2n) is 3.50. The van der Waals surface area contributed by atoms with E-state index in [9.17, 15) is 13.6 Å². The van der Waals surface area contributed by atoms with Crippen molar-refractivity contribution < 1.29 is 18.7 Å². The lowest BCUT2D eigenvalue weighted by molar-refractivity contribution is -0.136. The molecule has 0 spiro atoms. The first-order chi connectivity index (χ1) is 8.01. The van der Waals surface area contributed by atoms with Gasteiger partial charge in [0, 0.05) is 5.56 Å². The second kappa shape index (κ2) is 5.39. The van der Waals surface area contributed by atoms with Crippen LogP contribution in [0.3, 0.4) is 0 Å². The molecule has 5 heteroatoms. The van der Waals surface area contributed by atoms with E-state index < -0.39 is 18.8 Å². The molecule has 1 N–H and O–H groups in total. The van der Waals surface area contributed by atoms with Crippen LogP contribution in [0.25, 0.3) is 0 Å². The van der Waals surface area contributed by atoms with Gasteiger partial charge in [0.25, 0.3) is 6.43 Å². The van der Waals surface area contributed by atoms with E-state index in [4.69, 9.17) is 10.4 Å². The summed E-state index contributed by atoms with van der Waals surface area (Å²) in [6.07, 6.45) is -2.87. The number of aliphatic carboxylic acids is 1. The van der Waals surface area contributed by atoms with Gasteiger partial charge in [0.15, 0.2) is 0 Å². The molecule has 0 radical (unpaired) electrons. The first kappa shape index (κ1) is 13.1. The fraction of sp³-hybridized carbons (Fsp3) is 0.333. The largest absolute Gasteiger partial charge is 0.481 e. The summed E-state index contributed by atoms with van der Waals surface area (Å²) in [6.45, 7) is 1.71. The molecule has 0 heterocycles. The van der Waals surface area contributed by atoms with Gasteiger partial charge in [-0.2, -0.15) is 5.26 Å². The van der Waals surface area contributed by atoms with E-state index in [2.05, 4.69) is 0 Å². The van der Waals surface area contributed by atoms with Crippen molar-refractivity contribution in [1.82, 2.24) is 0 Å². The number of carboxylic acids is 1. The Kier molecular flexibility index (Phi) is 4.16. The number of nitriles is 1. The van der Waals surface area contributed by atoms with Gasteiger partial charge in [-0.05, 0) is 23.6 Å². The maximum Gasteiger partial charge on any atom is 0.307 e. The zero-order valence-corrected chi connectivity index (χ0v) is 9.20. The summed E-state index contributed by atoms with van der Waals surface area (Å²) in [4.78, 5) is 10.7. The normalized spacial score (nSPS) is 10.3. The molecule has 0 fully saturated rings. The van der Waals surface area contributed by atoms with Gasteiger partial charge in [-0.15, -0.1) is 0 Å². The summed E-state index contributed by atoms with van der Waals surface area (Å²) < 4.78 is 25.5. The van der Waals surface area contributed by atoms with E-state index in [1.54, 1.807) is 6.92 Å². The Balaban J connectivity index is 3.45. The lowest BCUT2D eigenvalue weighted by Gasteiger charge is -2.13. The number of alkyl halides is 2. The van der Waals surface area contributed by atoms with Crippen LogP contribution in [0, 0.1) is 11.3 Å². The summed E-state index contributed by atoms with van der Waals surface area (Å²) in [5, 5.41) is 17.6. The van der Waals surface area contributed by atoms with Crippen molar-refractivity contribution in [1.29, 1.82) is 5.26 Å². The molecular formula is C12H11F2NO2. The zero-order chi connectivity index (χ0) is 13.0. The van der Waals surface area contributed by atoms with Gasteiger partial charge in [-0.1, -0.05) is 13.0 Å². The van der Waals surface area contributed by atoms with Crippen molar-refractivity contribution >= 4 is 5.97 Å². The molecule has 1 aromatic carbocycles. The molecular weight excluding hydrogens is 228 g/mol. The van der Waals surface area contributed by atoms with Gasteiger partial charge in [-0.3, -0.25) is 4.79 Å². The summed E-state index contributed by atoms with van der Waals surface area (Å²) in [6, 6.07) is 4.33. The van der Waals surface area contributed by atoms with Crippen molar-refractivity contribution in [2.24, 2.45) is 0 Å². The van der Waals surface area contributed by atoms with E-state index in [0.717, 1.165) is 6.07 Å². The van der Waals surface area contributed by atoms with Crippen molar-refractivity contribution in [2.45, 2.75) is 26.2 Å². The summed E-state index contributed by atoms with van der Waals surface area (Å²) in [5.74, 6) is -1.18. The van der Waals surface area contributed by atoms with Gasteiger partial charge in [0.2, 0.25) is 0 Å². The number of carbonyl (C=O) groups is 1. The Labute approximate surface area is 97.3 Å². The van der Waals surface area contributed by atoms with Crippen molar-refractivity contribution in [3.63, 3.8) is 0 Å². The third-order valence-corrected chi connectivity index (χ3v) is 2.50. The quantitative estimate of drug-likeness (QED) is 0.878. The smallest absolute Gasteiger partial charge is 0.307 e.